The van der Waals surface area contributed by atoms with E-state index >= 15 is 0 Å². The van der Waals surface area contributed by atoms with Gasteiger partial charge >= 0.3 is 0 Å². The standard InChI is InChI=1S/C24H35NO2Si2/c1-27-22-16-13-20(14-17-22)15-18-23(26)25(19-21-11-9-8-10-12-21)24(28(2,3)4)29(5,6)7/h8-18,24H,19H2,1-7H3/b18-15+. The molecule has 0 aliphatic carbocycles. The van der Waals surface area contributed by atoms with Crippen LogP contribution in [0.3, 0.4) is 0 Å². The number of methoxy groups -OCH3 is 1. The third kappa shape index (κ3) is 6.72. The Morgan fingerprint density at radius 2 is 1.48 bits per heavy atom. The average Bonchev–Trinajstić information content (AvgIpc) is 2.64. The SMILES string of the molecule is COc1ccc(/C=C/C(=O)N(Cc2ccccc2)C([Si](C)(C)C)[Si](C)(C)C)cc1. The minimum atomic E-state index is -1.61. The predicted octanol–water partition coefficient (Wildman–Crippen LogP) is 5.86. The van der Waals surface area contributed by atoms with Gasteiger partial charge in [-0.15, -0.1) is 0 Å². The quantitative estimate of drug-likeness (QED) is 0.391. The summed E-state index contributed by atoms with van der Waals surface area (Å²) >= 11 is 0. The van der Waals surface area contributed by atoms with Crippen molar-refractivity contribution in [1.82, 2.24) is 4.90 Å². The molecule has 29 heavy (non-hydrogen) atoms. The van der Waals surface area contributed by atoms with Crippen LogP contribution in [0.1, 0.15) is 11.1 Å². The van der Waals surface area contributed by atoms with Gasteiger partial charge in [-0.3, -0.25) is 4.79 Å². The van der Waals surface area contributed by atoms with Gasteiger partial charge in [0.1, 0.15) is 5.75 Å². The van der Waals surface area contributed by atoms with E-state index in [1.54, 1.807) is 13.2 Å². The lowest BCUT2D eigenvalue weighted by molar-refractivity contribution is -0.126. The van der Waals surface area contributed by atoms with Crippen LogP contribution in [0.5, 0.6) is 5.75 Å². The molecule has 0 aliphatic rings. The van der Waals surface area contributed by atoms with Crippen molar-refractivity contribution in [2.45, 2.75) is 51.1 Å². The minimum Gasteiger partial charge on any atom is -0.497 e. The fraction of sp³-hybridized carbons (Fsp3) is 0.375. The van der Waals surface area contributed by atoms with Crippen LogP contribution in [-0.4, -0.2) is 39.4 Å². The Bertz CT molecular complexity index is 805. The molecule has 0 aromatic heterocycles. The first-order valence-corrected chi connectivity index (χ1v) is 17.3. The monoisotopic (exact) mass is 425 g/mol. The molecular weight excluding hydrogens is 390 g/mol. The van der Waals surface area contributed by atoms with Crippen LogP contribution in [0.15, 0.2) is 60.7 Å². The molecule has 1 amide bonds. The van der Waals surface area contributed by atoms with E-state index in [9.17, 15) is 4.79 Å². The van der Waals surface area contributed by atoms with Crippen molar-refractivity contribution in [3.8, 4) is 5.75 Å². The van der Waals surface area contributed by atoms with Gasteiger partial charge in [0.25, 0.3) is 0 Å². The molecule has 0 saturated heterocycles. The summed E-state index contributed by atoms with van der Waals surface area (Å²) in [5.74, 6) is 0.913. The summed E-state index contributed by atoms with van der Waals surface area (Å²) in [6.45, 7) is 15.0. The number of benzene rings is 2. The molecule has 2 aromatic carbocycles. The minimum absolute atomic E-state index is 0.0968. The Balaban J connectivity index is 2.36. The number of amides is 1. The summed E-state index contributed by atoms with van der Waals surface area (Å²) in [6.07, 6.45) is 3.64. The highest BCUT2D eigenvalue weighted by Crippen LogP contribution is 2.27. The number of hydrogen-bond acceptors (Lipinski definition) is 2. The van der Waals surface area contributed by atoms with Gasteiger partial charge in [0.15, 0.2) is 0 Å². The first kappa shape index (κ1) is 23.2. The molecule has 0 fully saturated rings. The zero-order valence-corrected chi connectivity index (χ0v) is 20.9. The molecule has 0 radical (unpaired) electrons. The smallest absolute Gasteiger partial charge is 0.246 e. The number of carbonyl (C=O) groups excluding carboxylic acids is 1. The summed E-state index contributed by atoms with van der Waals surface area (Å²) in [7, 11) is -1.56. The third-order valence-corrected chi connectivity index (χ3v) is 14.1. The Morgan fingerprint density at radius 1 is 0.931 bits per heavy atom. The van der Waals surface area contributed by atoms with Crippen molar-refractivity contribution in [3.63, 3.8) is 0 Å². The summed E-state index contributed by atoms with van der Waals surface area (Å²) in [4.78, 5) is 15.6. The summed E-state index contributed by atoms with van der Waals surface area (Å²) in [5, 5.41) is 0.350. The highest BCUT2D eigenvalue weighted by Gasteiger charge is 2.43. The van der Waals surface area contributed by atoms with Crippen LogP contribution >= 0.6 is 0 Å². The molecule has 0 aliphatic heterocycles. The number of nitrogens with zero attached hydrogens (tertiary/aromatic N) is 1. The second-order valence-electron chi connectivity index (χ2n) is 9.69. The van der Waals surface area contributed by atoms with Crippen LogP contribution < -0.4 is 4.74 Å². The van der Waals surface area contributed by atoms with Crippen molar-refractivity contribution in [3.05, 3.63) is 71.8 Å². The maximum atomic E-state index is 13.4. The van der Waals surface area contributed by atoms with E-state index in [1.165, 1.54) is 5.56 Å². The molecule has 0 saturated carbocycles. The van der Waals surface area contributed by atoms with Crippen LogP contribution in [-0.2, 0) is 11.3 Å². The molecule has 2 aromatic rings. The van der Waals surface area contributed by atoms with Crippen molar-refractivity contribution in [2.75, 3.05) is 7.11 Å². The molecule has 0 bridgehead atoms. The van der Waals surface area contributed by atoms with E-state index in [4.69, 9.17) is 4.74 Å². The second-order valence-corrected chi connectivity index (χ2v) is 20.8. The Kier molecular flexibility index (Phi) is 7.66. The Morgan fingerprint density at radius 3 is 1.97 bits per heavy atom. The first-order valence-electron chi connectivity index (χ1n) is 10.2. The Hall–Kier alpha value is -2.12. The molecular formula is C24H35NO2Si2. The molecule has 0 N–H and O–H groups in total. The van der Waals surface area contributed by atoms with Crippen LogP contribution in [0, 0.1) is 0 Å². The molecule has 0 unspecified atom stereocenters. The van der Waals surface area contributed by atoms with Gasteiger partial charge in [-0.1, -0.05) is 81.7 Å². The molecule has 5 heteroatoms. The highest BCUT2D eigenvalue weighted by atomic mass is 28.4. The van der Waals surface area contributed by atoms with Gasteiger partial charge in [0.05, 0.1) is 23.3 Å². The zero-order valence-electron chi connectivity index (χ0n) is 18.9. The van der Waals surface area contributed by atoms with Crippen LogP contribution in [0.25, 0.3) is 6.08 Å². The van der Waals surface area contributed by atoms with Gasteiger partial charge in [-0.05, 0) is 29.3 Å². The molecule has 0 spiro atoms. The maximum absolute atomic E-state index is 13.4. The van der Waals surface area contributed by atoms with Crippen molar-refractivity contribution < 1.29 is 9.53 Å². The maximum Gasteiger partial charge on any atom is 0.246 e. The van der Waals surface area contributed by atoms with E-state index in [0.717, 1.165) is 11.3 Å². The van der Waals surface area contributed by atoms with Gasteiger partial charge < -0.3 is 9.64 Å². The highest BCUT2D eigenvalue weighted by molar-refractivity contribution is 6.96. The fourth-order valence-corrected chi connectivity index (χ4v) is 17.0. The summed E-state index contributed by atoms with van der Waals surface area (Å²) in [6, 6.07) is 18.1. The molecule has 3 nitrogen and oxygen atoms in total. The van der Waals surface area contributed by atoms with E-state index in [0.29, 0.717) is 11.8 Å². The normalized spacial score (nSPS) is 12.4. The fourth-order valence-electron chi connectivity index (χ4n) is 4.29. The van der Waals surface area contributed by atoms with E-state index in [1.807, 2.05) is 48.5 Å². The number of rotatable bonds is 8. The summed E-state index contributed by atoms with van der Waals surface area (Å²) in [5.41, 5.74) is 2.18. The first-order chi connectivity index (χ1) is 13.5. The van der Waals surface area contributed by atoms with Gasteiger partial charge in [-0.2, -0.15) is 0 Å². The van der Waals surface area contributed by atoms with Crippen molar-refractivity contribution in [2.24, 2.45) is 0 Å². The molecule has 2 rings (SSSR count). The molecule has 0 atom stereocenters. The van der Waals surface area contributed by atoms with Gasteiger partial charge in [-0.25, -0.2) is 0 Å². The van der Waals surface area contributed by atoms with E-state index < -0.39 is 16.1 Å². The number of ether oxygens (including phenoxy) is 1. The topological polar surface area (TPSA) is 29.5 Å². The van der Waals surface area contributed by atoms with Crippen LogP contribution in [0.2, 0.25) is 39.3 Å². The second kappa shape index (κ2) is 9.59. The van der Waals surface area contributed by atoms with Crippen molar-refractivity contribution >= 4 is 28.1 Å². The molecule has 0 heterocycles. The van der Waals surface area contributed by atoms with E-state index in [-0.39, 0.29) is 5.91 Å². The average molecular weight is 426 g/mol. The van der Waals surface area contributed by atoms with Crippen molar-refractivity contribution in [1.29, 1.82) is 0 Å². The van der Waals surface area contributed by atoms with Gasteiger partial charge in [0.2, 0.25) is 5.91 Å². The third-order valence-electron chi connectivity index (χ3n) is 4.97. The number of carbonyl (C=O) groups is 1. The number of hydrogen-bond donors (Lipinski definition) is 0. The molecule has 156 valence electrons. The van der Waals surface area contributed by atoms with Crippen LogP contribution in [0.4, 0.5) is 0 Å². The zero-order chi connectivity index (χ0) is 21.7. The lowest BCUT2D eigenvalue weighted by Crippen LogP contribution is -2.64. The predicted molar refractivity (Wildman–Crippen MR) is 130 cm³/mol. The lowest BCUT2D eigenvalue weighted by atomic mass is 10.2. The van der Waals surface area contributed by atoms with Gasteiger partial charge in [0, 0.05) is 17.9 Å². The Labute approximate surface area is 178 Å². The summed E-state index contributed by atoms with van der Waals surface area (Å²) < 4.78 is 5.22. The van der Waals surface area contributed by atoms with E-state index in [2.05, 4.69) is 56.3 Å². The largest absolute Gasteiger partial charge is 0.497 e. The lowest BCUT2D eigenvalue weighted by Gasteiger charge is -2.46.